The Balaban J connectivity index is 1.89. The summed E-state index contributed by atoms with van der Waals surface area (Å²) >= 11 is 0. The molecule has 0 saturated heterocycles. The minimum atomic E-state index is -0.989. The molecule has 0 aliphatic heterocycles. The van der Waals surface area contributed by atoms with Gasteiger partial charge in [-0.3, -0.25) is 0 Å². The van der Waals surface area contributed by atoms with Gasteiger partial charge in [-0.25, -0.2) is 0 Å². The van der Waals surface area contributed by atoms with Crippen LogP contribution in [-0.2, 0) is 12.1 Å². The number of aryl methyl sites for hydroxylation is 1. The maximum Gasteiger partial charge on any atom is 0.0924 e. The fraction of sp³-hybridized carbons (Fsp3) is 0.294. The highest BCUT2D eigenvalue weighted by Crippen LogP contribution is 2.20. The van der Waals surface area contributed by atoms with Gasteiger partial charge in [0, 0.05) is 6.42 Å². The summed E-state index contributed by atoms with van der Waals surface area (Å²) in [5.41, 5.74) is 13.3. The lowest BCUT2D eigenvalue weighted by molar-refractivity contribution is 0.124. The van der Waals surface area contributed by atoms with E-state index in [1.165, 1.54) is 5.56 Å². The van der Waals surface area contributed by atoms with Gasteiger partial charge in [0.25, 0.3) is 0 Å². The van der Waals surface area contributed by atoms with Gasteiger partial charge in [-0.2, -0.15) is 0 Å². The molecule has 2 aromatic carbocycles. The largest absolute Gasteiger partial charge is 0.393 e. The van der Waals surface area contributed by atoms with Crippen LogP contribution in [0.25, 0.3) is 0 Å². The highest BCUT2D eigenvalue weighted by atomic mass is 16.3. The van der Waals surface area contributed by atoms with Gasteiger partial charge >= 0.3 is 0 Å². The van der Waals surface area contributed by atoms with Gasteiger partial charge in [0.15, 0.2) is 0 Å². The number of aliphatic hydroxyl groups excluding tert-OH is 1. The van der Waals surface area contributed by atoms with Crippen molar-refractivity contribution in [2.24, 2.45) is 11.5 Å². The Morgan fingerprint density at radius 1 is 0.900 bits per heavy atom. The Morgan fingerprint density at radius 3 is 2.05 bits per heavy atom. The average Bonchev–Trinajstić information content (AvgIpc) is 2.47. The van der Waals surface area contributed by atoms with Gasteiger partial charge < -0.3 is 16.6 Å². The van der Waals surface area contributed by atoms with Crippen molar-refractivity contribution < 1.29 is 5.11 Å². The number of aliphatic hydroxyl groups is 1. The molecule has 0 aliphatic rings. The SMILES string of the molecule is NC(N)(CC(O)CCc1ccccc1)c1ccccc1. The summed E-state index contributed by atoms with van der Waals surface area (Å²) in [4.78, 5) is 0. The van der Waals surface area contributed by atoms with Crippen molar-refractivity contribution in [1.29, 1.82) is 0 Å². The molecule has 0 aliphatic carbocycles. The molecular formula is C17H22N2O. The third-order valence-corrected chi connectivity index (χ3v) is 3.49. The van der Waals surface area contributed by atoms with Gasteiger partial charge in [0.05, 0.1) is 11.8 Å². The zero-order valence-electron chi connectivity index (χ0n) is 11.6. The van der Waals surface area contributed by atoms with Crippen LogP contribution < -0.4 is 11.5 Å². The quantitative estimate of drug-likeness (QED) is 0.704. The maximum absolute atomic E-state index is 10.1. The normalized spacial score (nSPS) is 13.2. The van der Waals surface area contributed by atoms with E-state index in [2.05, 4.69) is 12.1 Å². The first-order valence-corrected chi connectivity index (χ1v) is 6.93. The van der Waals surface area contributed by atoms with Crippen LogP contribution in [0.4, 0.5) is 0 Å². The molecule has 3 heteroatoms. The summed E-state index contributed by atoms with van der Waals surface area (Å²) in [5, 5.41) is 10.1. The summed E-state index contributed by atoms with van der Waals surface area (Å²) in [5.74, 6) is 0. The monoisotopic (exact) mass is 270 g/mol. The highest BCUT2D eigenvalue weighted by Gasteiger charge is 2.25. The van der Waals surface area contributed by atoms with Crippen LogP contribution >= 0.6 is 0 Å². The molecule has 0 aromatic heterocycles. The van der Waals surface area contributed by atoms with Gasteiger partial charge in [-0.15, -0.1) is 0 Å². The Morgan fingerprint density at radius 2 is 1.45 bits per heavy atom. The molecular weight excluding hydrogens is 248 g/mol. The third kappa shape index (κ3) is 4.17. The van der Waals surface area contributed by atoms with Gasteiger partial charge in [0.2, 0.25) is 0 Å². The smallest absolute Gasteiger partial charge is 0.0924 e. The zero-order valence-corrected chi connectivity index (χ0v) is 11.6. The summed E-state index contributed by atoms with van der Waals surface area (Å²) in [6.07, 6.45) is 1.33. The number of rotatable bonds is 6. The van der Waals surface area contributed by atoms with E-state index in [4.69, 9.17) is 11.5 Å². The highest BCUT2D eigenvalue weighted by molar-refractivity contribution is 5.22. The molecule has 2 rings (SSSR count). The lowest BCUT2D eigenvalue weighted by Crippen LogP contribution is -2.48. The number of hydrogen-bond donors (Lipinski definition) is 3. The molecule has 0 spiro atoms. The summed E-state index contributed by atoms with van der Waals surface area (Å²) in [6.45, 7) is 0. The van der Waals surface area contributed by atoms with Crippen LogP contribution in [0.3, 0.4) is 0 Å². The standard InChI is InChI=1S/C17H22N2O/c18-17(19,15-9-5-2-6-10-15)13-16(20)12-11-14-7-3-1-4-8-14/h1-10,16,20H,11-13,18-19H2. The fourth-order valence-corrected chi connectivity index (χ4v) is 2.34. The predicted octanol–water partition coefficient (Wildman–Crippen LogP) is 2.14. The van der Waals surface area contributed by atoms with E-state index in [1.54, 1.807) is 0 Å². The minimum Gasteiger partial charge on any atom is -0.393 e. The lowest BCUT2D eigenvalue weighted by Gasteiger charge is -2.27. The van der Waals surface area contributed by atoms with Crippen LogP contribution in [0.15, 0.2) is 60.7 Å². The maximum atomic E-state index is 10.1. The van der Waals surface area contributed by atoms with E-state index in [9.17, 15) is 5.11 Å². The van der Waals surface area contributed by atoms with Crippen molar-refractivity contribution in [3.63, 3.8) is 0 Å². The van der Waals surface area contributed by atoms with Crippen molar-refractivity contribution in [3.05, 3.63) is 71.8 Å². The van der Waals surface area contributed by atoms with E-state index in [1.807, 2.05) is 48.5 Å². The second kappa shape index (κ2) is 6.66. The third-order valence-electron chi connectivity index (χ3n) is 3.49. The first-order chi connectivity index (χ1) is 9.58. The Bertz CT molecular complexity index is 511. The van der Waals surface area contributed by atoms with Gasteiger partial charge in [-0.05, 0) is 24.0 Å². The molecule has 0 fully saturated rings. The summed E-state index contributed by atoms with van der Waals surface area (Å²) in [7, 11) is 0. The van der Waals surface area contributed by atoms with Crippen molar-refractivity contribution in [1.82, 2.24) is 0 Å². The minimum absolute atomic E-state index is 0.351. The Labute approximate surface area is 120 Å². The first kappa shape index (κ1) is 14.7. The predicted molar refractivity (Wildman–Crippen MR) is 81.9 cm³/mol. The van der Waals surface area contributed by atoms with Crippen molar-refractivity contribution in [2.75, 3.05) is 0 Å². The van der Waals surface area contributed by atoms with E-state index in [-0.39, 0.29) is 0 Å². The topological polar surface area (TPSA) is 72.3 Å². The molecule has 2 aromatic rings. The van der Waals surface area contributed by atoms with E-state index in [0.717, 1.165) is 12.0 Å². The molecule has 0 saturated carbocycles. The molecule has 1 unspecified atom stereocenters. The zero-order chi connectivity index (χ0) is 14.4. The second-order valence-corrected chi connectivity index (χ2v) is 5.29. The second-order valence-electron chi connectivity index (χ2n) is 5.29. The molecule has 106 valence electrons. The van der Waals surface area contributed by atoms with E-state index < -0.39 is 11.8 Å². The summed E-state index contributed by atoms with van der Waals surface area (Å²) in [6, 6.07) is 19.6. The molecule has 1 atom stereocenters. The molecule has 20 heavy (non-hydrogen) atoms. The lowest BCUT2D eigenvalue weighted by atomic mass is 9.92. The Kier molecular flexibility index (Phi) is 4.90. The molecule has 0 amide bonds. The first-order valence-electron chi connectivity index (χ1n) is 6.93. The fourth-order valence-electron chi connectivity index (χ4n) is 2.34. The van der Waals surface area contributed by atoms with Crippen molar-refractivity contribution in [3.8, 4) is 0 Å². The average molecular weight is 270 g/mol. The van der Waals surface area contributed by atoms with Gasteiger partial charge in [-0.1, -0.05) is 60.7 Å². The van der Waals surface area contributed by atoms with Crippen molar-refractivity contribution in [2.45, 2.75) is 31.0 Å². The van der Waals surface area contributed by atoms with Gasteiger partial charge in [0.1, 0.15) is 0 Å². The van der Waals surface area contributed by atoms with Crippen LogP contribution in [-0.4, -0.2) is 11.2 Å². The molecule has 3 nitrogen and oxygen atoms in total. The Hall–Kier alpha value is -1.68. The van der Waals surface area contributed by atoms with Crippen LogP contribution in [0.1, 0.15) is 24.0 Å². The molecule has 0 heterocycles. The van der Waals surface area contributed by atoms with Crippen LogP contribution in [0, 0.1) is 0 Å². The van der Waals surface area contributed by atoms with Crippen LogP contribution in [0.2, 0.25) is 0 Å². The summed E-state index contributed by atoms with van der Waals surface area (Å²) < 4.78 is 0. The van der Waals surface area contributed by atoms with Crippen LogP contribution in [0.5, 0.6) is 0 Å². The number of hydrogen-bond acceptors (Lipinski definition) is 3. The molecule has 5 N–H and O–H groups in total. The molecule has 0 radical (unpaired) electrons. The number of nitrogens with two attached hydrogens (primary N) is 2. The number of benzene rings is 2. The molecule has 0 bridgehead atoms. The van der Waals surface area contributed by atoms with E-state index in [0.29, 0.717) is 12.8 Å². The van der Waals surface area contributed by atoms with Crippen molar-refractivity contribution >= 4 is 0 Å². The van der Waals surface area contributed by atoms with E-state index >= 15 is 0 Å².